The predicted molar refractivity (Wildman–Crippen MR) is 93.5 cm³/mol. The molecule has 0 spiro atoms. The fraction of sp³-hybridized carbons (Fsp3) is 0.562. The van der Waals surface area contributed by atoms with Gasteiger partial charge in [0.25, 0.3) is 0 Å². The van der Waals surface area contributed by atoms with Gasteiger partial charge in [-0.3, -0.25) is 9.59 Å². The number of hydrogen-bond donors (Lipinski definition) is 0. The van der Waals surface area contributed by atoms with E-state index in [1.807, 2.05) is 4.90 Å². The fourth-order valence-corrected chi connectivity index (χ4v) is 3.89. The average Bonchev–Trinajstić information content (AvgIpc) is 3.04. The fourth-order valence-electron chi connectivity index (χ4n) is 3.39. The number of amides is 2. The van der Waals surface area contributed by atoms with Crippen LogP contribution in [-0.2, 0) is 9.59 Å². The van der Waals surface area contributed by atoms with Gasteiger partial charge in [0.2, 0.25) is 11.8 Å². The molecule has 0 radical (unpaired) electrons. The van der Waals surface area contributed by atoms with Crippen LogP contribution in [0.15, 0.2) is 12.3 Å². The van der Waals surface area contributed by atoms with Gasteiger partial charge in [0.15, 0.2) is 0 Å². The van der Waals surface area contributed by atoms with E-state index in [0.29, 0.717) is 48.6 Å². The van der Waals surface area contributed by atoms with E-state index in [1.165, 1.54) is 6.92 Å². The monoisotopic (exact) mass is 370 g/mol. The summed E-state index contributed by atoms with van der Waals surface area (Å²) in [6.07, 6.45) is 3.22. The number of halogens is 2. The summed E-state index contributed by atoms with van der Waals surface area (Å²) in [5, 5.41) is 1.02. The van der Waals surface area contributed by atoms with Crippen molar-refractivity contribution in [2.75, 3.05) is 37.6 Å². The Morgan fingerprint density at radius 3 is 2.50 bits per heavy atom. The summed E-state index contributed by atoms with van der Waals surface area (Å²) >= 11 is 12.1. The SMILES string of the molecule is CC(=O)N1CCCC1C(=O)N1CCN(c2ncc(Cl)cc2Cl)CC1. The third-order valence-corrected chi connectivity index (χ3v) is 5.11. The first kappa shape index (κ1) is 17.3. The maximum atomic E-state index is 12.7. The molecular weight excluding hydrogens is 351 g/mol. The second kappa shape index (κ2) is 7.15. The van der Waals surface area contributed by atoms with Crippen LogP contribution < -0.4 is 4.90 Å². The third-order valence-electron chi connectivity index (χ3n) is 4.62. The summed E-state index contributed by atoms with van der Waals surface area (Å²) in [4.78, 5) is 34.3. The van der Waals surface area contributed by atoms with Crippen molar-refractivity contribution in [1.82, 2.24) is 14.8 Å². The van der Waals surface area contributed by atoms with Crippen LogP contribution in [0.1, 0.15) is 19.8 Å². The molecule has 0 bridgehead atoms. The van der Waals surface area contributed by atoms with E-state index in [4.69, 9.17) is 23.2 Å². The molecule has 1 atom stereocenters. The Bertz CT molecular complexity index is 647. The lowest BCUT2D eigenvalue weighted by atomic mass is 10.1. The van der Waals surface area contributed by atoms with Crippen molar-refractivity contribution < 1.29 is 9.59 Å². The molecule has 0 aliphatic carbocycles. The molecule has 1 unspecified atom stereocenters. The first-order chi connectivity index (χ1) is 11.5. The van der Waals surface area contributed by atoms with Crippen LogP contribution in [0.2, 0.25) is 10.0 Å². The van der Waals surface area contributed by atoms with Gasteiger partial charge in [-0.25, -0.2) is 4.98 Å². The van der Waals surface area contributed by atoms with Gasteiger partial charge in [-0.2, -0.15) is 0 Å². The third kappa shape index (κ3) is 3.44. The molecule has 2 fully saturated rings. The molecule has 6 nitrogen and oxygen atoms in total. The van der Waals surface area contributed by atoms with E-state index in [0.717, 1.165) is 12.8 Å². The molecule has 0 aromatic carbocycles. The molecule has 3 heterocycles. The Morgan fingerprint density at radius 1 is 1.17 bits per heavy atom. The van der Waals surface area contributed by atoms with E-state index >= 15 is 0 Å². The van der Waals surface area contributed by atoms with Crippen molar-refractivity contribution in [3.8, 4) is 0 Å². The molecule has 2 amide bonds. The Hall–Kier alpha value is -1.53. The highest BCUT2D eigenvalue weighted by molar-refractivity contribution is 6.36. The minimum absolute atomic E-state index is 0.0263. The summed E-state index contributed by atoms with van der Waals surface area (Å²) < 4.78 is 0. The largest absolute Gasteiger partial charge is 0.352 e. The number of carbonyl (C=O) groups is 2. The first-order valence-corrected chi connectivity index (χ1v) is 8.85. The minimum Gasteiger partial charge on any atom is -0.352 e. The van der Waals surface area contributed by atoms with E-state index in [1.54, 1.807) is 17.2 Å². The standard InChI is InChI=1S/C16H20Cl2N4O2/c1-11(23)22-4-2-3-14(22)16(24)21-7-5-20(6-8-21)15-13(18)9-12(17)10-19-15/h9-10,14H,2-8H2,1H3. The zero-order chi connectivity index (χ0) is 17.3. The number of anilines is 1. The Morgan fingerprint density at radius 2 is 1.88 bits per heavy atom. The number of likely N-dealkylation sites (tertiary alicyclic amines) is 1. The van der Waals surface area contributed by atoms with Gasteiger partial charge in [-0.1, -0.05) is 23.2 Å². The van der Waals surface area contributed by atoms with Crippen LogP contribution in [-0.4, -0.2) is 65.4 Å². The van der Waals surface area contributed by atoms with Crippen molar-refractivity contribution in [1.29, 1.82) is 0 Å². The number of piperazine rings is 1. The second-order valence-electron chi connectivity index (χ2n) is 6.14. The predicted octanol–water partition coefficient (Wildman–Crippen LogP) is 2.05. The van der Waals surface area contributed by atoms with Crippen molar-refractivity contribution >= 4 is 40.8 Å². The Labute approximate surface area is 151 Å². The van der Waals surface area contributed by atoms with Crippen molar-refractivity contribution in [2.45, 2.75) is 25.8 Å². The lowest BCUT2D eigenvalue weighted by Crippen LogP contribution is -2.54. The summed E-state index contributed by atoms with van der Waals surface area (Å²) in [5.41, 5.74) is 0. The van der Waals surface area contributed by atoms with Crippen LogP contribution in [0, 0.1) is 0 Å². The number of pyridine rings is 1. The molecule has 0 saturated carbocycles. The second-order valence-corrected chi connectivity index (χ2v) is 6.99. The molecule has 24 heavy (non-hydrogen) atoms. The molecule has 2 saturated heterocycles. The van der Waals surface area contributed by atoms with Gasteiger partial charge in [0.1, 0.15) is 11.9 Å². The normalized spacial score (nSPS) is 21.3. The van der Waals surface area contributed by atoms with Crippen molar-refractivity contribution in [3.05, 3.63) is 22.3 Å². The number of rotatable bonds is 2. The molecule has 3 rings (SSSR count). The van der Waals surface area contributed by atoms with Gasteiger partial charge >= 0.3 is 0 Å². The van der Waals surface area contributed by atoms with Crippen LogP contribution in [0.4, 0.5) is 5.82 Å². The maximum Gasteiger partial charge on any atom is 0.245 e. The van der Waals surface area contributed by atoms with Gasteiger partial charge in [-0.05, 0) is 18.9 Å². The summed E-state index contributed by atoms with van der Waals surface area (Å²) in [6.45, 7) is 4.72. The number of aromatic nitrogens is 1. The van der Waals surface area contributed by atoms with Gasteiger partial charge < -0.3 is 14.7 Å². The van der Waals surface area contributed by atoms with Crippen LogP contribution in [0.3, 0.4) is 0 Å². The Balaban J connectivity index is 1.62. The van der Waals surface area contributed by atoms with Gasteiger partial charge in [0, 0.05) is 45.8 Å². The molecule has 0 N–H and O–H groups in total. The van der Waals surface area contributed by atoms with Gasteiger partial charge in [0.05, 0.1) is 10.0 Å². The molecule has 2 aliphatic rings. The van der Waals surface area contributed by atoms with Crippen LogP contribution in [0.25, 0.3) is 0 Å². The zero-order valence-electron chi connectivity index (χ0n) is 13.5. The smallest absolute Gasteiger partial charge is 0.245 e. The average molecular weight is 371 g/mol. The van der Waals surface area contributed by atoms with Crippen molar-refractivity contribution in [3.63, 3.8) is 0 Å². The molecule has 1 aromatic rings. The maximum absolute atomic E-state index is 12.7. The Kier molecular flexibility index (Phi) is 5.15. The molecule has 1 aromatic heterocycles. The van der Waals surface area contributed by atoms with E-state index in [-0.39, 0.29) is 17.9 Å². The topological polar surface area (TPSA) is 56.8 Å². The van der Waals surface area contributed by atoms with E-state index in [2.05, 4.69) is 9.88 Å². The summed E-state index contributed by atoms with van der Waals surface area (Å²) in [5.74, 6) is 0.721. The highest BCUT2D eigenvalue weighted by Crippen LogP contribution is 2.27. The number of carbonyl (C=O) groups excluding carboxylic acids is 2. The lowest BCUT2D eigenvalue weighted by Gasteiger charge is -2.38. The van der Waals surface area contributed by atoms with Gasteiger partial charge in [-0.15, -0.1) is 0 Å². The van der Waals surface area contributed by atoms with Crippen molar-refractivity contribution in [2.24, 2.45) is 0 Å². The first-order valence-electron chi connectivity index (χ1n) is 8.09. The summed E-state index contributed by atoms with van der Waals surface area (Å²) in [6, 6.07) is 1.37. The number of nitrogens with zero attached hydrogens (tertiary/aromatic N) is 4. The summed E-state index contributed by atoms with van der Waals surface area (Å²) in [7, 11) is 0. The minimum atomic E-state index is -0.300. The highest BCUT2D eigenvalue weighted by atomic mass is 35.5. The van der Waals surface area contributed by atoms with Crippen LogP contribution in [0.5, 0.6) is 0 Å². The molecule has 8 heteroatoms. The zero-order valence-corrected chi connectivity index (χ0v) is 15.1. The van der Waals surface area contributed by atoms with E-state index in [9.17, 15) is 9.59 Å². The highest BCUT2D eigenvalue weighted by Gasteiger charge is 2.36. The quantitative estimate of drug-likeness (QED) is 0.799. The van der Waals surface area contributed by atoms with E-state index < -0.39 is 0 Å². The lowest BCUT2D eigenvalue weighted by molar-refractivity contribution is -0.143. The van der Waals surface area contributed by atoms with Crippen LogP contribution >= 0.6 is 23.2 Å². The molecular formula is C16H20Cl2N4O2. The number of hydrogen-bond acceptors (Lipinski definition) is 4. The molecule has 2 aliphatic heterocycles. The molecule has 130 valence electrons.